The Morgan fingerprint density at radius 2 is 1.73 bits per heavy atom. The second-order valence-electron chi connectivity index (χ2n) is 8.83. The normalized spacial score (nSPS) is 30.1. The maximum absolute atomic E-state index is 12.9. The van der Waals surface area contributed by atoms with Gasteiger partial charge in [-0.2, -0.15) is 0 Å². The Balaban J connectivity index is 1.48. The fraction of sp³-hybridized carbons (Fsp3) is 0.579. The van der Waals surface area contributed by atoms with Crippen molar-refractivity contribution in [3.63, 3.8) is 0 Å². The van der Waals surface area contributed by atoms with E-state index in [0.717, 1.165) is 24.9 Å². The number of hydrogen-bond acceptors (Lipinski definition) is 2. The summed E-state index contributed by atoms with van der Waals surface area (Å²) < 4.78 is 0. The van der Waals surface area contributed by atoms with Crippen LogP contribution in [0.3, 0.4) is 0 Å². The molecule has 3 amide bonds. The molecular formula is C19H24ClN3O3. The molecule has 5 rings (SSSR count). The number of hydrogen-bond donors (Lipinski definition) is 1. The van der Waals surface area contributed by atoms with E-state index >= 15 is 0 Å². The maximum Gasteiger partial charge on any atom is 0.408 e. The molecule has 26 heavy (non-hydrogen) atoms. The maximum atomic E-state index is 12.9. The summed E-state index contributed by atoms with van der Waals surface area (Å²) in [6.07, 6.45) is 1.35. The van der Waals surface area contributed by atoms with Gasteiger partial charge in [0.1, 0.15) is 0 Å². The summed E-state index contributed by atoms with van der Waals surface area (Å²) in [5, 5.41) is 10.3. The quantitative estimate of drug-likeness (QED) is 0.864. The van der Waals surface area contributed by atoms with Crippen molar-refractivity contribution in [3.05, 3.63) is 29.3 Å². The first kappa shape index (κ1) is 17.5. The molecule has 7 heteroatoms. The van der Waals surface area contributed by atoms with Crippen LogP contribution >= 0.6 is 11.6 Å². The third-order valence-electron chi connectivity index (χ3n) is 6.03. The molecule has 2 bridgehead atoms. The zero-order valence-electron chi connectivity index (χ0n) is 15.3. The predicted octanol–water partition coefficient (Wildman–Crippen LogP) is 4.04. The number of urea groups is 1. The molecule has 0 unspecified atom stereocenters. The molecule has 4 fully saturated rings. The average Bonchev–Trinajstić information content (AvgIpc) is 2.82. The smallest absolute Gasteiger partial charge is 0.408 e. The zero-order valence-corrected chi connectivity index (χ0v) is 16.1. The standard InChI is InChI=1S/C19H24ClN3O3/c1-17(2,3)23(16(25)26)19-10-18(11-19,12-19)22-9-8-21(15(22)24)14-6-4-13(20)5-7-14/h4-7H,8-12H2,1-3H3,(H,25,26). The molecule has 0 aromatic heterocycles. The fourth-order valence-corrected chi connectivity index (χ4v) is 5.37. The van der Waals surface area contributed by atoms with Crippen LogP contribution in [-0.2, 0) is 0 Å². The number of carbonyl (C=O) groups is 2. The van der Waals surface area contributed by atoms with Crippen LogP contribution in [0.25, 0.3) is 0 Å². The van der Waals surface area contributed by atoms with Crippen LogP contribution in [0.4, 0.5) is 15.3 Å². The highest BCUT2D eigenvalue weighted by atomic mass is 35.5. The van der Waals surface area contributed by atoms with Gasteiger partial charge in [0.15, 0.2) is 0 Å². The first-order chi connectivity index (χ1) is 12.1. The Kier molecular flexibility index (Phi) is 3.55. The van der Waals surface area contributed by atoms with Crippen molar-refractivity contribution < 1.29 is 14.7 Å². The summed E-state index contributed by atoms with van der Waals surface area (Å²) in [6, 6.07) is 7.31. The monoisotopic (exact) mass is 377 g/mol. The molecule has 140 valence electrons. The van der Waals surface area contributed by atoms with Gasteiger partial charge in [0.05, 0.1) is 11.1 Å². The minimum absolute atomic E-state index is 0.0123. The van der Waals surface area contributed by atoms with Gasteiger partial charge >= 0.3 is 12.1 Å². The molecular weight excluding hydrogens is 354 g/mol. The van der Waals surface area contributed by atoms with Gasteiger partial charge in [-0.05, 0) is 64.3 Å². The number of halogens is 1. The van der Waals surface area contributed by atoms with Gasteiger partial charge in [-0.1, -0.05) is 11.6 Å². The van der Waals surface area contributed by atoms with Gasteiger partial charge in [-0.15, -0.1) is 0 Å². The molecule has 0 spiro atoms. The van der Waals surface area contributed by atoms with E-state index < -0.39 is 11.6 Å². The lowest BCUT2D eigenvalue weighted by atomic mass is 9.42. The lowest BCUT2D eigenvalue weighted by molar-refractivity contribution is -0.220. The summed E-state index contributed by atoms with van der Waals surface area (Å²) >= 11 is 5.93. The highest BCUT2D eigenvalue weighted by Gasteiger charge is 2.76. The second kappa shape index (κ2) is 5.28. The lowest BCUT2D eigenvalue weighted by Gasteiger charge is -2.76. The zero-order chi connectivity index (χ0) is 18.9. The minimum Gasteiger partial charge on any atom is -0.465 e. The van der Waals surface area contributed by atoms with E-state index in [1.807, 2.05) is 37.8 Å². The van der Waals surface area contributed by atoms with E-state index in [4.69, 9.17) is 11.6 Å². The number of anilines is 1. The average molecular weight is 378 g/mol. The highest BCUT2D eigenvalue weighted by molar-refractivity contribution is 6.30. The van der Waals surface area contributed by atoms with Crippen molar-refractivity contribution in [3.8, 4) is 0 Å². The SMILES string of the molecule is CC(C)(C)N(C(=O)O)C12CC(N3CCN(c4ccc(Cl)cc4)C3=O)(C1)C2. The highest BCUT2D eigenvalue weighted by Crippen LogP contribution is 2.68. The Morgan fingerprint density at radius 3 is 2.23 bits per heavy atom. The van der Waals surface area contributed by atoms with Crippen LogP contribution in [0.15, 0.2) is 24.3 Å². The first-order valence-corrected chi connectivity index (χ1v) is 9.34. The molecule has 3 saturated carbocycles. The Bertz CT molecular complexity index is 751. The van der Waals surface area contributed by atoms with Crippen LogP contribution in [0, 0.1) is 0 Å². The van der Waals surface area contributed by atoms with Crippen molar-refractivity contribution >= 4 is 29.4 Å². The molecule has 1 heterocycles. The van der Waals surface area contributed by atoms with Crippen LogP contribution in [0.5, 0.6) is 0 Å². The largest absolute Gasteiger partial charge is 0.465 e. The summed E-state index contributed by atoms with van der Waals surface area (Å²) in [5.74, 6) is 0. The van der Waals surface area contributed by atoms with Crippen LogP contribution in [-0.4, -0.2) is 56.7 Å². The van der Waals surface area contributed by atoms with Gasteiger partial charge in [-0.3, -0.25) is 9.80 Å². The fourth-order valence-electron chi connectivity index (χ4n) is 5.24. The molecule has 6 nitrogen and oxygen atoms in total. The van der Waals surface area contributed by atoms with Gasteiger partial charge in [0.2, 0.25) is 0 Å². The van der Waals surface area contributed by atoms with Crippen molar-refractivity contribution in [2.45, 2.75) is 56.7 Å². The van der Waals surface area contributed by atoms with Crippen LogP contribution < -0.4 is 4.90 Å². The molecule has 0 atom stereocenters. The first-order valence-electron chi connectivity index (χ1n) is 8.96. The molecule has 1 aliphatic heterocycles. The van der Waals surface area contributed by atoms with Crippen LogP contribution in [0.1, 0.15) is 40.0 Å². The van der Waals surface area contributed by atoms with E-state index in [2.05, 4.69) is 0 Å². The van der Waals surface area contributed by atoms with Gasteiger partial charge in [0.25, 0.3) is 0 Å². The van der Waals surface area contributed by atoms with Crippen molar-refractivity contribution in [2.75, 3.05) is 18.0 Å². The Hall–Kier alpha value is -1.95. The number of nitrogens with zero attached hydrogens (tertiary/aromatic N) is 3. The van der Waals surface area contributed by atoms with Crippen molar-refractivity contribution in [2.24, 2.45) is 0 Å². The Morgan fingerprint density at radius 1 is 1.15 bits per heavy atom. The second-order valence-corrected chi connectivity index (χ2v) is 9.27. The Labute approximate surface area is 158 Å². The van der Waals surface area contributed by atoms with E-state index in [1.165, 1.54) is 0 Å². The van der Waals surface area contributed by atoms with Gasteiger partial charge < -0.3 is 10.0 Å². The summed E-state index contributed by atoms with van der Waals surface area (Å²) in [7, 11) is 0. The molecule has 4 aliphatic rings. The number of carboxylic acid groups (broad SMARTS) is 1. The number of benzene rings is 1. The molecule has 0 radical (unpaired) electrons. The summed E-state index contributed by atoms with van der Waals surface area (Å²) in [6.45, 7) is 7.11. The number of carbonyl (C=O) groups excluding carboxylic acids is 1. The van der Waals surface area contributed by atoms with Crippen LogP contribution in [0.2, 0.25) is 5.02 Å². The molecule has 3 aliphatic carbocycles. The molecule has 1 saturated heterocycles. The van der Waals surface area contributed by atoms with Crippen molar-refractivity contribution in [1.29, 1.82) is 0 Å². The molecule has 1 aromatic carbocycles. The van der Waals surface area contributed by atoms with E-state index in [-0.39, 0.29) is 17.1 Å². The topological polar surface area (TPSA) is 64.1 Å². The molecule has 1 N–H and O–H groups in total. The van der Waals surface area contributed by atoms with Gasteiger partial charge in [-0.25, -0.2) is 9.59 Å². The predicted molar refractivity (Wildman–Crippen MR) is 99.8 cm³/mol. The molecule has 1 aromatic rings. The lowest BCUT2D eigenvalue weighted by Crippen LogP contribution is -2.86. The van der Waals surface area contributed by atoms with Gasteiger partial charge in [0, 0.05) is 29.3 Å². The number of rotatable bonds is 3. The summed E-state index contributed by atoms with van der Waals surface area (Å²) in [5.41, 5.74) is -0.0667. The minimum atomic E-state index is -0.874. The third kappa shape index (κ3) is 2.31. The number of amides is 3. The third-order valence-corrected chi connectivity index (χ3v) is 6.28. The summed E-state index contributed by atoms with van der Waals surface area (Å²) in [4.78, 5) is 30.1. The van der Waals surface area contributed by atoms with Crippen molar-refractivity contribution in [1.82, 2.24) is 9.80 Å². The van der Waals surface area contributed by atoms with E-state index in [0.29, 0.717) is 18.1 Å². The van der Waals surface area contributed by atoms with E-state index in [1.54, 1.807) is 21.9 Å². The van der Waals surface area contributed by atoms with E-state index in [9.17, 15) is 14.7 Å².